The monoisotopic (exact) mass is 795 g/mol. The lowest BCUT2D eigenvalue weighted by molar-refractivity contribution is -0.190. The molecule has 13 nitrogen and oxygen atoms in total. The van der Waals surface area contributed by atoms with Gasteiger partial charge in [-0.3, -0.25) is 19.2 Å². The maximum atomic E-state index is 14.4. The first kappa shape index (κ1) is 45.6. The van der Waals surface area contributed by atoms with Crippen molar-refractivity contribution in [3.8, 4) is 0 Å². The smallest absolute Gasteiger partial charge is 0.338 e. The molecule has 0 unspecified atom stereocenters. The molecule has 1 aromatic carbocycles. The Labute approximate surface area is 338 Å². The number of likely N-dealkylation sites (N-methyl/N-ethyl adjacent to an activating group) is 1. The molecule has 2 fully saturated rings. The number of unbranched alkanes of at least 4 members (excludes halogenated alkanes) is 4. The molecule has 0 radical (unpaired) electrons. The van der Waals surface area contributed by atoms with Gasteiger partial charge >= 0.3 is 11.9 Å². The van der Waals surface area contributed by atoms with Gasteiger partial charge in [-0.15, -0.1) is 0 Å². The van der Waals surface area contributed by atoms with Crippen LogP contribution in [0.15, 0.2) is 42.0 Å². The molecule has 2 aliphatic heterocycles. The standard InChI is InChI=1S/C44H65N3O10/c1-8-10-12-23-44(24-13-11-9-2)55-36-28-32(27-35(39(36)57-44)54-42(53)31-17-14-16-30(26-31)19-21-37(49)46(6)7)41(52)47-25-15-18-34(47)40(51)45-33(29-48)20-22-38(50)56-43(3,4)5/h14,16-17,19,21,26,28,33-36,39,48H,8-13,15,18,20,22-25,27,29H2,1-7H3,(H,45,51)/t33-,34+,35+,36+,39-/m0/s1. The number of nitrogens with zero attached hydrogens (tertiary/aromatic N) is 2. The molecule has 0 saturated carbocycles. The van der Waals surface area contributed by atoms with Gasteiger partial charge in [0.1, 0.15) is 30.0 Å². The van der Waals surface area contributed by atoms with Crippen molar-refractivity contribution in [3.63, 3.8) is 0 Å². The number of amides is 3. The van der Waals surface area contributed by atoms with Gasteiger partial charge in [0.15, 0.2) is 5.79 Å². The number of fused-ring (bicyclic) bond motifs is 1. The number of aliphatic hydroxyl groups excluding tert-OH is 1. The van der Waals surface area contributed by atoms with Crippen LogP contribution in [-0.4, -0.2) is 114 Å². The van der Waals surface area contributed by atoms with Crippen molar-refractivity contribution < 1.29 is 48.0 Å². The number of carbonyl (C=O) groups is 5. The van der Waals surface area contributed by atoms with Crippen LogP contribution in [0.2, 0.25) is 0 Å². The SMILES string of the molecule is CCCCCC1(CCCCC)O[C@@H]2[C@@H](C=C(C(=O)N3CCC[C@@H]3C(=O)N[C@H](CO)CCC(=O)OC(C)(C)C)C[C@H]2OC(=O)c2cccc(C=CC(=O)N(C)C)c2)O1. The number of likely N-dealkylation sites (tertiary alicyclic amines) is 1. The molecule has 57 heavy (non-hydrogen) atoms. The first-order chi connectivity index (χ1) is 27.1. The molecule has 1 aromatic rings. The fraction of sp³-hybridized carbons (Fsp3) is 0.659. The lowest BCUT2D eigenvalue weighted by Crippen LogP contribution is -2.51. The largest absolute Gasteiger partial charge is 0.460 e. The second kappa shape index (κ2) is 21.1. The molecule has 2 N–H and O–H groups in total. The third-order valence-electron chi connectivity index (χ3n) is 10.5. The van der Waals surface area contributed by atoms with Gasteiger partial charge in [0, 0.05) is 58.0 Å². The Hall–Kier alpha value is -4.07. The molecular formula is C44H65N3O10. The highest BCUT2D eigenvalue weighted by atomic mass is 16.8. The summed E-state index contributed by atoms with van der Waals surface area (Å²) >= 11 is 0. The molecule has 316 valence electrons. The molecule has 0 spiro atoms. The summed E-state index contributed by atoms with van der Waals surface area (Å²) in [4.78, 5) is 69.3. The van der Waals surface area contributed by atoms with Crippen LogP contribution < -0.4 is 5.32 Å². The first-order valence-corrected chi connectivity index (χ1v) is 20.8. The van der Waals surface area contributed by atoms with Crippen LogP contribution in [0, 0.1) is 0 Å². The van der Waals surface area contributed by atoms with Crippen molar-refractivity contribution >= 4 is 35.7 Å². The molecule has 13 heteroatoms. The summed E-state index contributed by atoms with van der Waals surface area (Å²) in [5.41, 5.74) is 0.655. The third kappa shape index (κ3) is 13.2. The zero-order valence-electron chi connectivity index (χ0n) is 35.1. The summed E-state index contributed by atoms with van der Waals surface area (Å²) in [6, 6.07) is 5.31. The summed E-state index contributed by atoms with van der Waals surface area (Å²) in [6.45, 7) is 9.57. The van der Waals surface area contributed by atoms with E-state index < -0.39 is 59.6 Å². The molecule has 0 aromatic heterocycles. The van der Waals surface area contributed by atoms with Crippen molar-refractivity contribution in [2.75, 3.05) is 27.2 Å². The maximum Gasteiger partial charge on any atom is 0.338 e. The van der Waals surface area contributed by atoms with E-state index in [2.05, 4.69) is 19.2 Å². The summed E-state index contributed by atoms with van der Waals surface area (Å²) in [5, 5.41) is 12.9. The Morgan fingerprint density at radius 2 is 1.75 bits per heavy atom. The lowest BCUT2D eigenvalue weighted by atomic mass is 9.91. The maximum absolute atomic E-state index is 14.4. The van der Waals surface area contributed by atoms with E-state index in [-0.39, 0.29) is 43.2 Å². The highest BCUT2D eigenvalue weighted by Crippen LogP contribution is 2.43. The number of aliphatic hydroxyl groups is 1. The third-order valence-corrected chi connectivity index (χ3v) is 10.5. The quantitative estimate of drug-likeness (QED) is 0.0985. The van der Waals surface area contributed by atoms with Gasteiger partial charge in [-0.2, -0.15) is 0 Å². The molecule has 0 bridgehead atoms. The minimum absolute atomic E-state index is 0.0171. The number of carbonyl (C=O) groups excluding carboxylic acids is 5. The minimum Gasteiger partial charge on any atom is -0.460 e. The van der Waals surface area contributed by atoms with Gasteiger partial charge in [0.2, 0.25) is 17.7 Å². The van der Waals surface area contributed by atoms with Crippen LogP contribution >= 0.6 is 0 Å². The Bertz CT molecular complexity index is 1600. The molecule has 3 aliphatic rings. The highest BCUT2D eigenvalue weighted by molar-refractivity contribution is 5.98. The van der Waals surface area contributed by atoms with E-state index in [4.69, 9.17) is 18.9 Å². The summed E-state index contributed by atoms with van der Waals surface area (Å²) in [6.07, 6.45) is 11.2. The Morgan fingerprint density at radius 1 is 1.05 bits per heavy atom. The fourth-order valence-electron chi connectivity index (χ4n) is 7.54. The Balaban J connectivity index is 1.56. The second-order valence-electron chi connectivity index (χ2n) is 16.7. The molecule has 2 heterocycles. The average molecular weight is 796 g/mol. The molecule has 2 saturated heterocycles. The van der Waals surface area contributed by atoms with Gasteiger partial charge in [0.25, 0.3) is 0 Å². The van der Waals surface area contributed by atoms with Crippen LogP contribution in [0.25, 0.3) is 6.08 Å². The van der Waals surface area contributed by atoms with Crippen LogP contribution in [0.3, 0.4) is 0 Å². The van der Waals surface area contributed by atoms with Crippen LogP contribution in [0.4, 0.5) is 0 Å². The predicted octanol–water partition coefficient (Wildman–Crippen LogP) is 5.87. The highest BCUT2D eigenvalue weighted by Gasteiger charge is 2.53. The van der Waals surface area contributed by atoms with Crippen molar-refractivity contribution in [1.82, 2.24) is 15.1 Å². The average Bonchev–Trinajstić information content (AvgIpc) is 3.80. The zero-order chi connectivity index (χ0) is 41.8. The van der Waals surface area contributed by atoms with Gasteiger partial charge in [0.05, 0.1) is 18.2 Å². The summed E-state index contributed by atoms with van der Waals surface area (Å²) in [5.74, 6) is -2.86. The minimum atomic E-state index is -0.891. The number of nitrogens with one attached hydrogen (secondary N) is 1. The number of esters is 2. The van der Waals surface area contributed by atoms with Gasteiger partial charge in [-0.1, -0.05) is 51.7 Å². The van der Waals surface area contributed by atoms with Crippen LogP contribution in [0.1, 0.15) is 134 Å². The van der Waals surface area contributed by atoms with Crippen LogP contribution in [0.5, 0.6) is 0 Å². The molecule has 3 amide bonds. The number of hydrogen-bond donors (Lipinski definition) is 2. The first-order valence-electron chi connectivity index (χ1n) is 20.8. The molecule has 1 aliphatic carbocycles. The molecule has 4 rings (SSSR count). The van der Waals surface area contributed by atoms with E-state index in [0.29, 0.717) is 43.4 Å². The second-order valence-corrected chi connectivity index (χ2v) is 16.7. The Kier molecular flexibility index (Phi) is 16.9. The Morgan fingerprint density at radius 3 is 2.39 bits per heavy atom. The van der Waals surface area contributed by atoms with Crippen molar-refractivity contribution in [2.45, 2.75) is 160 Å². The number of rotatable bonds is 19. The topological polar surface area (TPSA) is 161 Å². The summed E-state index contributed by atoms with van der Waals surface area (Å²) < 4.78 is 25.2. The normalized spacial score (nSPS) is 22.1. The van der Waals surface area contributed by atoms with E-state index in [1.165, 1.54) is 11.0 Å². The fourth-order valence-corrected chi connectivity index (χ4v) is 7.54. The van der Waals surface area contributed by atoms with E-state index in [9.17, 15) is 29.1 Å². The van der Waals surface area contributed by atoms with E-state index in [0.717, 1.165) is 38.5 Å². The van der Waals surface area contributed by atoms with Gasteiger partial charge in [-0.05, 0) is 82.7 Å². The molecular weight excluding hydrogens is 730 g/mol. The van der Waals surface area contributed by atoms with E-state index >= 15 is 0 Å². The van der Waals surface area contributed by atoms with Crippen molar-refractivity contribution in [2.24, 2.45) is 0 Å². The number of ether oxygens (including phenoxy) is 4. The zero-order valence-corrected chi connectivity index (χ0v) is 35.1. The van der Waals surface area contributed by atoms with Crippen molar-refractivity contribution in [3.05, 3.63) is 53.1 Å². The number of benzene rings is 1. The molecule has 5 atom stereocenters. The van der Waals surface area contributed by atoms with Crippen molar-refractivity contribution in [1.29, 1.82) is 0 Å². The van der Waals surface area contributed by atoms with Gasteiger partial charge < -0.3 is 39.2 Å². The van der Waals surface area contributed by atoms with E-state index in [1.807, 2.05) is 0 Å². The number of hydrogen-bond acceptors (Lipinski definition) is 10. The summed E-state index contributed by atoms with van der Waals surface area (Å²) in [7, 11) is 3.32. The lowest BCUT2D eigenvalue weighted by Gasteiger charge is -2.33. The van der Waals surface area contributed by atoms with Gasteiger partial charge in [-0.25, -0.2) is 4.79 Å². The van der Waals surface area contributed by atoms with E-state index in [1.54, 1.807) is 76.2 Å². The van der Waals surface area contributed by atoms with Crippen LogP contribution in [-0.2, 0) is 38.1 Å². The predicted molar refractivity (Wildman–Crippen MR) is 216 cm³/mol.